The fraction of sp³-hybridized carbons (Fsp3) is 0. The Hall–Kier alpha value is -6.13. The van der Waals surface area contributed by atoms with Gasteiger partial charge in [-0.2, -0.15) is 0 Å². The number of rotatable bonds is 3. The number of benzene rings is 7. The first-order valence-corrected chi connectivity index (χ1v) is 16.3. The van der Waals surface area contributed by atoms with Crippen molar-refractivity contribution < 1.29 is 0 Å². The summed E-state index contributed by atoms with van der Waals surface area (Å²) in [6, 6.07) is 57.4. The van der Waals surface area contributed by atoms with Crippen molar-refractivity contribution in [2.24, 2.45) is 0 Å². The highest BCUT2D eigenvalue weighted by Gasteiger charge is 2.43. The fourth-order valence-electron chi connectivity index (χ4n) is 8.51. The van der Waals surface area contributed by atoms with Crippen LogP contribution in [0.3, 0.4) is 0 Å². The lowest BCUT2D eigenvalue weighted by atomic mass is 9.33. The van der Waals surface area contributed by atoms with Crippen molar-refractivity contribution in [2.45, 2.75) is 0 Å². The van der Waals surface area contributed by atoms with E-state index in [2.05, 4.69) is 167 Å². The molecule has 0 bridgehead atoms. The molecule has 7 aromatic carbocycles. The molecule has 9 aromatic rings. The predicted molar refractivity (Wildman–Crippen MR) is 196 cm³/mol. The summed E-state index contributed by atoms with van der Waals surface area (Å²) in [6.45, 7) is 0.0565. The van der Waals surface area contributed by atoms with E-state index in [1.54, 1.807) is 0 Å². The number of imidazole rings is 1. The number of nitrogens with zero attached hydrogens (tertiary/aromatic N) is 3. The van der Waals surface area contributed by atoms with Gasteiger partial charge in [0.2, 0.25) is 0 Å². The van der Waals surface area contributed by atoms with Gasteiger partial charge in [0.25, 0.3) is 6.71 Å². The van der Waals surface area contributed by atoms with Gasteiger partial charge in [0.05, 0.1) is 22.2 Å². The number of hydrogen-bond acceptors (Lipinski definition) is 1. The molecular formula is C43H26BN3. The molecule has 0 N–H and O–H groups in total. The normalized spacial score (nSPS) is 12.6. The van der Waals surface area contributed by atoms with E-state index < -0.39 is 0 Å². The summed E-state index contributed by atoms with van der Waals surface area (Å²) in [7, 11) is 0. The van der Waals surface area contributed by atoms with Crippen LogP contribution in [0.4, 0.5) is 0 Å². The minimum absolute atomic E-state index is 0.0565. The lowest BCUT2D eigenvalue weighted by Crippen LogP contribution is -2.59. The zero-order valence-electron chi connectivity index (χ0n) is 25.4. The van der Waals surface area contributed by atoms with Crippen molar-refractivity contribution in [1.29, 1.82) is 0 Å². The third kappa shape index (κ3) is 3.24. The maximum Gasteiger partial charge on any atom is 0.253 e. The van der Waals surface area contributed by atoms with Crippen LogP contribution < -0.4 is 16.4 Å². The van der Waals surface area contributed by atoms with Gasteiger partial charge in [-0.25, -0.2) is 4.98 Å². The van der Waals surface area contributed by atoms with Gasteiger partial charge in [-0.15, -0.1) is 0 Å². The second kappa shape index (κ2) is 9.21. The van der Waals surface area contributed by atoms with E-state index >= 15 is 0 Å². The standard InChI is InChI=1S/C43H26BN3/c1-4-14-27(15-5-1)37-32-26-30-20-10-11-21-31(30)38-41(32)46(40(37)28-16-6-2-7-17-28)36-25-24-34-42-39(36)44(38)33-22-12-13-23-35(33)47(42)43(45-34)29-18-8-3-9-19-29/h1-26H. The third-order valence-electron chi connectivity index (χ3n) is 10.3. The van der Waals surface area contributed by atoms with Crippen LogP contribution in [-0.4, -0.2) is 20.8 Å². The Morgan fingerprint density at radius 1 is 0.468 bits per heavy atom. The van der Waals surface area contributed by atoms with Crippen molar-refractivity contribution >= 4 is 55.8 Å². The molecule has 0 radical (unpaired) electrons. The van der Waals surface area contributed by atoms with Crippen LogP contribution in [0.2, 0.25) is 0 Å². The number of para-hydroxylation sites is 1. The van der Waals surface area contributed by atoms with Gasteiger partial charge in [0, 0.05) is 27.9 Å². The summed E-state index contributed by atoms with van der Waals surface area (Å²) >= 11 is 0. The van der Waals surface area contributed by atoms with Crippen LogP contribution >= 0.6 is 0 Å². The zero-order chi connectivity index (χ0) is 30.6. The topological polar surface area (TPSA) is 22.8 Å². The summed E-state index contributed by atoms with van der Waals surface area (Å²) < 4.78 is 5.00. The van der Waals surface area contributed by atoms with Gasteiger partial charge >= 0.3 is 0 Å². The quantitative estimate of drug-likeness (QED) is 0.189. The molecule has 2 aliphatic rings. The van der Waals surface area contributed by atoms with Crippen molar-refractivity contribution in [3.05, 3.63) is 158 Å². The van der Waals surface area contributed by atoms with Crippen LogP contribution in [0.1, 0.15) is 0 Å². The highest BCUT2D eigenvalue weighted by atomic mass is 15.1. The fourth-order valence-corrected chi connectivity index (χ4v) is 8.51. The Morgan fingerprint density at radius 2 is 1.13 bits per heavy atom. The molecule has 4 heterocycles. The molecule has 3 nitrogen and oxygen atoms in total. The molecule has 2 aromatic heterocycles. The first-order chi connectivity index (χ1) is 23.4. The average Bonchev–Trinajstić information content (AvgIpc) is 3.70. The second-order valence-corrected chi connectivity index (χ2v) is 12.7. The van der Waals surface area contributed by atoms with E-state index in [0.29, 0.717) is 0 Å². The molecule has 216 valence electrons. The highest BCUT2D eigenvalue weighted by molar-refractivity contribution is 7.01. The van der Waals surface area contributed by atoms with Crippen molar-refractivity contribution in [3.63, 3.8) is 0 Å². The number of hydrogen-bond donors (Lipinski definition) is 0. The lowest BCUT2D eigenvalue weighted by molar-refractivity contribution is 1.10. The highest BCUT2D eigenvalue weighted by Crippen LogP contribution is 2.46. The van der Waals surface area contributed by atoms with Crippen LogP contribution in [0.25, 0.3) is 77.9 Å². The molecule has 0 amide bonds. The molecule has 0 saturated heterocycles. The SMILES string of the molecule is c1ccc(-c2c(-c3ccccc3)n3c4c(c5ccccc5cc24)B2c4ccccc4-n4c(-c5ccccc5)nc5ccc-3c2c54)cc1. The summed E-state index contributed by atoms with van der Waals surface area (Å²) in [5.41, 5.74) is 16.0. The minimum Gasteiger partial charge on any atom is -0.310 e. The van der Waals surface area contributed by atoms with Gasteiger partial charge in [-0.05, 0) is 62.6 Å². The Balaban J connectivity index is 1.41. The Labute approximate surface area is 272 Å². The largest absolute Gasteiger partial charge is 0.310 e. The van der Waals surface area contributed by atoms with Crippen molar-refractivity contribution in [3.8, 4) is 45.1 Å². The molecule has 11 rings (SSSR count). The van der Waals surface area contributed by atoms with Crippen LogP contribution in [0, 0.1) is 0 Å². The molecular weight excluding hydrogens is 569 g/mol. The second-order valence-electron chi connectivity index (χ2n) is 12.7. The van der Waals surface area contributed by atoms with Crippen LogP contribution in [0.5, 0.6) is 0 Å². The van der Waals surface area contributed by atoms with E-state index in [1.807, 2.05) is 0 Å². The maximum absolute atomic E-state index is 5.34. The molecule has 0 fully saturated rings. The summed E-state index contributed by atoms with van der Waals surface area (Å²) in [5.74, 6) is 0.981. The molecule has 0 aliphatic carbocycles. The first-order valence-electron chi connectivity index (χ1n) is 16.3. The molecule has 47 heavy (non-hydrogen) atoms. The zero-order valence-corrected chi connectivity index (χ0v) is 25.4. The Bertz CT molecular complexity index is 2720. The van der Waals surface area contributed by atoms with Gasteiger partial charge in [-0.3, -0.25) is 4.57 Å². The van der Waals surface area contributed by atoms with Gasteiger partial charge in [0.15, 0.2) is 0 Å². The van der Waals surface area contributed by atoms with E-state index in [9.17, 15) is 0 Å². The van der Waals surface area contributed by atoms with Gasteiger partial charge in [-0.1, -0.05) is 133 Å². The summed E-state index contributed by atoms with van der Waals surface area (Å²) in [6.07, 6.45) is 0. The molecule has 0 unspecified atom stereocenters. The minimum atomic E-state index is 0.0565. The molecule has 4 heteroatoms. The van der Waals surface area contributed by atoms with Gasteiger partial charge in [0.1, 0.15) is 5.82 Å². The molecule has 0 spiro atoms. The lowest BCUT2D eigenvalue weighted by Gasteiger charge is -2.34. The molecule has 0 saturated carbocycles. The average molecular weight is 596 g/mol. The monoisotopic (exact) mass is 595 g/mol. The van der Waals surface area contributed by atoms with E-state index in [0.717, 1.165) is 16.9 Å². The van der Waals surface area contributed by atoms with Crippen LogP contribution in [0.15, 0.2) is 158 Å². The van der Waals surface area contributed by atoms with E-state index in [1.165, 1.54) is 77.3 Å². The molecule has 2 aliphatic heterocycles. The van der Waals surface area contributed by atoms with Crippen molar-refractivity contribution in [2.75, 3.05) is 0 Å². The van der Waals surface area contributed by atoms with Gasteiger partial charge < -0.3 is 4.57 Å². The van der Waals surface area contributed by atoms with E-state index in [4.69, 9.17) is 4.98 Å². The summed E-state index contributed by atoms with van der Waals surface area (Å²) in [5, 5.41) is 3.86. The van der Waals surface area contributed by atoms with Crippen molar-refractivity contribution in [1.82, 2.24) is 14.1 Å². The Kier molecular flexibility index (Phi) is 4.92. The first kappa shape index (κ1) is 25.1. The Morgan fingerprint density at radius 3 is 1.91 bits per heavy atom. The smallest absolute Gasteiger partial charge is 0.253 e. The number of fused-ring (bicyclic) bond motifs is 7. The number of aromatic nitrogens is 3. The summed E-state index contributed by atoms with van der Waals surface area (Å²) in [4.78, 5) is 5.34. The van der Waals surface area contributed by atoms with E-state index in [-0.39, 0.29) is 6.71 Å². The third-order valence-corrected chi connectivity index (χ3v) is 10.3. The van der Waals surface area contributed by atoms with Crippen LogP contribution in [-0.2, 0) is 0 Å². The molecule has 0 atom stereocenters. The predicted octanol–water partition coefficient (Wildman–Crippen LogP) is 8.27. The maximum atomic E-state index is 5.34.